The molecular formula is C17H29N3. The predicted molar refractivity (Wildman–Crippen MR) is 83.7 cm³/mol. The first-order chi connectivity index (χ1) is 9.46. The molecule has 2 heterocycles. The van der Waals surface area contributed by atoms with Crippen LogP contribution >= 0.6 is 0 Å². The van der Waals surface area contributed by atoms with E-state index in [2.05, 4.69) is 42.6 Å². The van der Waals surface area contributed by atoms with Crippen molar-refractivity contribution in [1.82, 2.24) is 9.47 Å². The summed E-state index contributed by atoms with van der Waals surface area (Å²) in [4.78, 5) is 2.53. The second kappa shape index (κ2) is 5.19. The molecular weight excluding hydrogens is 246 g/mol. The predicted octanol–water partition coefficient (Wildman–Crippen LogP) is 2.94. The van der Waals surface area contributed by atoms with Crippen molar-refractivity contribution in [2.75, 3.05) is 13.6 Å². The van der Waals surface area contributed by atoms with Gasteiger partial charge in [-0.15, -0.1) is 0 Å². The molecule has 2 atom stereocenters. The van der Waals surface area contributed by atoms with Crippen LogP contribution in [-0.4, -0.2) is 29.1 Å². The van der Waals surface area contributed by atoms with E-state index >= 15 is 0 Å². The maximum atomic E-state index is 6.37. The largest absolute Gasteiger partial charge is 0.350 e. The highest BCUT2D eigenvalue weighted by atomic mass is 15.2. The van der Waals surface area contributed by atoms with Gasteiger partial charge >= 0.3 is 0 Å². The van der Waals surface area contributed by atoms with Crippen molar-refractivity contribution in [3.8, 4) is 0 Å². The maximum Gasteiger partial charge on any atom is 0.0378 e. The summed E-state index contributed by atoms with van der Waals surface area (Å²) in [7, 11) is 2.27. The molecule has 0 bridgehead atoms. The van der Waals surface area contributed by atoms with Crippen LogP contribution in [0.1, 0.15) is 56.8 Å². The first-order valence-electron chi connectivity index (χ1n) is 8.10. The minimum absolute atomic E-state index is 0.221. The van der Waals surface area contributed by atoms with Crippen LogP contribution in [0.2, 0.25) is 0 Å². The molecule has 3 rings (SSSR count). The quantitative estimate of drug-likeness (QED) is 0.900. The third kappa shape index (κ3) is 2.66. The van der Waals surface area contributed by atoms with E-state index in [9.17, 15) is 0 Å². The van der Waals surface area contributed by atoms with Crippen molar-refractivity contribution < 1.29 is 0 Å². The van der Waals surface area contributed by atoms with E-state index in [-0.39, 0.29) is 6.04 Å². The fourth-order valence-electron chi connectivity index (χ4n) is 4.07. The molecule has 0 aromatic carbocycles. The normalized spacial score (nSPS) is 30.2. The van der Waals surface area contributed by atoms with Crippen molar-refractivity contribution in [3.63, 3.8) is 0 Å². The van der Waals surface area contributed by atoms with Crippen LogP contribution in [0.5, 0.6) is 0 Å². The molecule has 0 spiro atoms. The molecule has 3 nitrogen and oxygen atoms in total. The van der Waals surface area contributed by atoms with Crippen molar-refractivity contribution in [1.29, 1.82) is 0 Å². The average Bonchev–Trinajstić information content (AvgIpc) is 2.74. The summed E-state index contributed by atoms with van der Waals surface area (Å²) >= 11 is 0. The van der Waals surface area contributed by atoms with Gasteiger partial charge in [0.1, 0.15) is 0 Å². The summed E-state index contributed by atoms with van der Waals surface area (Å²) in [5.41, 5.74) is 9.59. The van der Waals surface area contributed by atoms with Crippen molar-refractivity contribution >= 4 is 0 Å². The summed E-state index contributed by atoms with van der Waals surface area (Å²) < 4.78 is 2.49. The Balaban J connectivity index is 1.82. The summed E-state index contributed by atoms with van der Waals surface area (Å²) in [6.07, 6.45) is 8.61. The number of nitrogens with two attached hydrogens (primary N) is 1. The van der Waals surface area contributed by atoms with E-state index in [0.29, 0.717) is 11.5 Å². The smallest absolute Gasteiger partial charge is 0.0378 e. The van der Waals surface area contributed by atoms with Gasteiger partial charge in [0.15, 0.2) is 0 Å². The second-order valence-electron chi connectivity index (χ2n) is 7.65. The van der Waals surface area contributed by atoms with Gasteiger partial charge in [-0.3, -0.25) is 0 Å². The third-order valence-corrected chi connectivity index (χ3v) is 5.26. The highest BCUT2D eigenvalue weighted by Gasteiger charge is 2.33. The van der Waals surface area contributed by atoms with Crippen LogP contribution in [0.4, 0.5) is 0 Å². The zero-order valence-corrected chi connectivity index (χ0v) is 13.2. The van der Waals surface area contributed by atoms with Crippen LogP contribution in [0.3, 0.4) is 0 Å². The molecule has 0 amide bonds. The van der Waals surface area contributed by atoms with Gasteiger partial charge in [0.05, 0.1) is 0 Å². The molecule has 1 aliphatic heterocycles. The summed E-state index contributed by atoms with van der Waals surface area (Å²) in [5.74, 6) is 0. The minimum atomic E-state index is 0.221. The first kappa shape index (κ1) is 14.2. The van der Waals surface area contributed by atoms with Crippen molar-refractivity contribution in [2.24, 2.45) is 11.1 Å². The van der Waals surface area contributed by atoms with Gasteiger partial charge in [0, 0.05) is 30.5 Å². The van der Waals surface area contributed by atoms with Gasteiger partial charge in [0.25, 0.3) is 0 Å². The van der Waals surface area contributed by atoms with Gasteiger partial charge in [-0.1, -0.05) is 20.3 Å². The number of nitrogens with zero attached hydrogens (tertiary/aromatic N) is 2. The molecule has 1 saturated heterocycles. The highest BCUT2D eigenvalue weighted by molar-refractivity contribution is 5.30. The van der Waals surface area contributed by atoms with E-state index in [1.165, 1.54) is 43.5 Å². The van der Waals surface area contributed by atoms with Crippen LogP contribution in [0.15, 0.2) is 12.3 Å². The van der Waals surface area contributed by atoms with E-state index in [1.54, 1.807) is 0 Å². The van der Waals surface area contributed by atoms with Crippen LogP contribution in [0, 0.1) is 5.41 Å². The molecule has 2 unspecified atom stereocenters. The number of rotatable bonds is 2. The molecule has 1 aromatic rings. The van der Waals surface area contributed by atoms with E-state index in [4.69, 9.17) is 5.73 Å². The third-order valence-electron chi connectivity index (χ3n) is 5.26. The second-order valence-corrected chi connectivity index (χ2v) is 7.65. The van der Waals surface area contributed by atoms with Gasteiger partial charge < -0.3 is 15.2 Å². The molecule has 1 aliphatic carbocycles. The SMILES string of the molecule is CN1CCCCC1Cn1ccc2c1CC(C)(C)CC2N. The van der Waals surface area contributed by atoms with Crippen LogP contribution < -0.4 is 5.73 Å². The van der Waals surface area contributed by atoms with E-state index in [0.717, 1.165) is 13.0 Å². The Morgan fingerprint density at radius 3 is 2.90 bits per heavy atom. The molecule has 0 radical (unpaired) electrons. The number of piperidine rings is 1. The van der Waals surface area contributed by atoms with Gasteiger partial charge in [0.2, 0.25) is 0 Å². The number of likely N-dealkylation sites (tertiary alicyclic amines) is 1. The lowest BCUT2D eigenvalue weighted by atomic mass is 9.74. The zero-order chi connectivity index (χ0) is 14.3. The number of hydrogen-bond donors (Lipinski definition) is 1. The molecule has 1 fully saturated rings. The Morgan fingerprint density at radius 1 is 1.35 bits per heavy atom. The molecule has 2 N–H and O–H groups in total. The number of aromatic nitrogens is 1. The summed E-state index contributed by atoms with van der Waals surface area (Å²) in [6, 6.07) is 3.18. The topological polar surface area (TPSA) is 34.2 Å². The Kier molecular flexibility index (Phi) is 3.67. The van der Waals surface area contributed by atoms with Gasteiger partial charge in [-0.2, -0.15) is 0 Å². The number of fused-ring (bicyclic) bond motifs is 1. The molecule has 20 heavy (non-hydrogen) atoms. The fourth-order valence-corrected chi connectivity index (χ4v) is 4.07. The maximum absolute atomic E-state index is 6.37. The average molecular weight is 275 g/mol. The monoisotopic (exact) mass is 275 g/mol. The zero-order valence-electron chi connectivity index (χ0n) is 13.2. The lowest BCUT2D eigenvalue weighted by Gasteiger charge is -2.36. The van der Waals surface area contributed by atoms with Crippen molar-refractivity contribution in [3.05, 3.63) is 23.5 Å². The Hall–Kier alpha value is -0.800. The number of likely N-dealkylation sites (N-methyl/N-ethyl adjacent to an activating group) is 1. The van der Waals surface area contributed by atoms with E-state index in [1.807, 2.05) is 0 Å². The summed E-state index contributed by atoms with van der Waals surface area (Å²) in [5, 5.41) is 0. The molecule has 112 valence electrons. The van der Waals surface area contributed by atoms with Gasteiger partial charge in [-0.05, 0) is 56.3 Å². The molecule has 1 aromatic heterocycles. The Labute approximate surface area is 123 Å². The molecule has 0 saturated carbocycles. The number of hydrogen-bond acceptors (Lipinski definition) is 2. The molecule has 3 heteroatoms. The van der Waals surface area contributed by atoms with E-state index < -0.39 is 0 Å². The lowest BCUT2D eigenvalue weighted by Crippen LogP contribution is -2.40. The summed E-state index contributed by atoms with van der Waals surface area (Å²) in [6.45, 7) is 7.08. The standard InChI is InChI=1S/C17H29N3/c1-17(2)10-15(18)14-7-9-20(16(14)11-17)12-13-6-4-5-8-19(13)3/h7,9,13,15H,4-6,8,10-12,18H2,1-3H3. The first-order valence-corrected chi connectivity index (χ1v) is 8.10. The van der Waals surface area contributed by atoms with Crippen molar-refractivity contribution in [2.45, 2.75) is 64.6 Å². The van der Waals surface area contributed by atoms with Gasteiger partial charge in [-0.25, -0.2) is 0 Å². The fraction of sp³-hybridized carbons (Fsp3) is 0.765. The van der Waals surface area contributed by atoms with Crippen LogP contribution in [0.25, 0.3) is 0 Å². The minimum Gasteiger partial charge on any atom is -0.350 e. The highest BCUT2D eigenvalue weighted by Crippen LogP contribution is 2.40. The Bertz CT molecular complexity index is 475. The lowest BCUT2D eigenvalue weighted by molar-refractivity contribution is 0.164. The Morgan fingerprint density at radius 2 is 2.15 bits per heavy atom. The molecule has 2 aliphatic rings. The van der Waals surface area contributed by atoms with Crippen LogP contribution in [-0.2, 0) is 13.0 Å².